The molecule has 1 atom stereocenters. The summed E-state index contributed by atoms with van der Waals surface area (Å²) >= 11 is 3.70. The first-order chi connectivity index (χ1) is 9.49. The summed E-state index contributed by atoms with van der Waals surface area (Å²) in [4.78, 5) is 10.9. The summed E-state index contributed by atoms with van der Waals surface area (Å²) in [6.07, 6.45) is 2.42. The van der Waals surface area contributed by atoms with E-state index >= 15 is 0 Å². The molecular weight excluding hydrogens is 318 g/mol. The van der Waals surface area contributed by atoms with E-state index in [1.165, 1.54) is 22.2 Å². The Morgan fingerprint density at radius 3 is 2.95 bits per heavy atom. The zero-order valence-corrected chi connectivity index (χ0v) is 13.3. The average molecular weight is 336 g/mol. The van der Waals surface area contributed by atoms with E-state index in [0.717, 1.165) is 29.4 Å². The van der Waals surface area contributed by atoms with Crippen LogP contribution in [0.3, 0.4) is 0 Å². The van der Waals surface area contributed by atoms with Gasteiger partial charge in [-0.25, -0.2) is 0 Å². The summed E-state index contributed by atoms with van der Waals surface area (Å²) in [6, 6.07) is 4.36. The average Bonchev–Trinajstić information content (AvgIpc) is 2.65. The second-order valence-corrected chi connectivity index (χ2v) is 6.52. The summed E-state index contributed by atoms with van der Waals surface area (Å²) in [5.74, 6) is -0.690. The fraction of sp³-hybridized carbons (Fsp3) is 0.438. The standard InChI is InChI=1S/C16H18BrNO2/c1-9(6-14(19)20)12-7-11-4-3-5-18-10(2)15(17)13(8-12)16(11)18/h7-9H,3-6H2,1-2H3,(H,19,20). The third-order valence-corrected chi connectivity index (χ3v) is 5.32. The molecule has 1 N–H and O–H groups in total. The first kappa shape index (κ1) is 13.7. The number of carbonyl (C=O) groups is 1. The van der Waals surface area contributed by atoms with Gasteiger partial charge in [-0.3, -0.25) is 4.79 Å². The molecule has 1 aliphatic rings. The van der Waals surface area contributed by atoms with Crippen LogP contribution >= 0.6 is 15.9 Å². The molecule has 0 saturated carbocycles. The van der Waals surface area contributed by atoms with Gasteiger partial charge in [0.1, 0.15) is 0 Å². The fourth-order valence-electron chi connectivity index (χ4n) is 3.25. The number of halogens is 1. The molecule has 2 aromatic rings. The number of hydrogen-bond acceptors (Lipinski definition) is 1. The van der Waals surface area contributed by atoms with Crippen LogP contribution in [-0.4, -0.2) is 15.6 Å². The lowest BCUT2D eigenvalue weighted by atomic mass is 9.92. The minimum absolute atomic E-state index is 0.0469. The van der Waals surface area contributed by atoms with Crippen LogP contribution in [0, 0.1) is 6.92 Å². The Morgan fingerprint density at radius 1 is 1.50 bits per heavy atom. The smallest absolute Gasteiger partial charge is 0.303 e. The Labute approximate surface area is 126 Å². The Hall–Kier alpha value is -1.29. The number of benzene rings is 1. The number of aliphatic carboxylic acids is 1. The largest absolute Gasteiger partial charge is 0.481 e. The van der Waals surface area contributed by atoms with Crippen molar-refractivity contribution in [3.63, 3.8) is 0 Å². The maximum atomic E-state index is 10.9. The molecular formula is C16H18BrNO2. The Kier molecular flexibility index (Phi) is 3.36. The molecule has 1 aromatic carbocycles. The van der Waals surface area contributed by atoms with Crippen LogP contribution in [0.2, 0.25) is 0 Å². The second kappa shape index (κ2) is 4.92. The van der Waals surface area contributed by atoms with Crippen LogP contribution in [0.5, 0.6) is 0 Å². The predicted molar refractivity (Wildman–Crippen MR) is 83.4 cm³/mol. The zero-order chi connectivity index (χ0) is 14.4. The molecule has 4 heteroatoms. The topological polar surface area (TPSA) is 42.2 Å². The van der Waals surface area contributed by atoms with Crippen LogP contribution in [0.4, 0.5) is 0 Å². The number of carboxylic acids is 1. The van der Waals surface area contributed by atoms with Gasteiger partial charge in [0.05, 0.1) is 11.9 Å². The molecule has 3 rings (SSSR count). The van der Waals surface area contributed by atoms with Gasteiger partial charge in [0.2, 0.25) is 0 Å². The lowest BCUT2D eigenvalue weighted by molar-refractivity contribution is -0.137. The summed E-state index contributed by atoms with van der Waals surface area (Å²) < 4.78 is 3.53. The van der Waals surface area contributed by atoms with E-state index in [-0.39, 0.29) is 12.3 Å². The molecule has 0 radical (unpaired) electrons. The van der Waals surface area contributed by atoms with Gasteiger partial charge in [0.25, 0.3) is 0 Å². The van der Waals surface area contributed by atoms with Crippen LogP contribution in [-0.2, 0) is 17.8 Å². The molecule has 20 heavy (non-hydrogen) atoms. The van der Waals surface area contributed by atoms with Gasteiger partial charge in [0.15, 0.2) is 0 Å². The molecule has 1 unspecified atom stereocenters. The summed E-state index contributed by atoms with van der Waals surface area (Å²) in [5.41, 5.74) is 5.08. The Balaban J connectivity index is 2.19. The molecule has 0 amide bonds. The number of aromatic nitrogens is 1. The van der Waals surface area contributed by atoms with Crippen molar-refractivity contribution in [3.05, 3.63) is 33.4 Å². The number of hydrogen-bond donors (Lipinski definition) is 1. The normalized spacial score (nSPS) is 15.6. The predicted octanol–water partition coefficient (Wildman–Crippen LogP) is 4.24. The SMILES string of the molecule is Cc1c(Br)c2cc(C(C)CC(=O)O)cc3c2n1CCC3. The van der Waals surface area contributed by atoms with Crippen molar-refractivity contribution < 1.29 is 9.90 Å². The Morgan fingerprint density at radius 2 is 2.25 bits per heavy atom. The van der Waals surface area contributed by atoms with E-state index in [1.807, 2.05) is 6.92 Å². The maximum Gasteiger partial charge on any atom is 0.303 e. The highest BCUT2D eigenvalue weighted by Crippen LogP contribution is 2.38. The third-order valence-electron chi connectivity index (χ3n) is 4.32. The highest BCUT2D eigenvalue weighted by Gasteiger charge is 2.21. The van der Waals surface area contributed by atoms with Crippen molar-refractivity contribution >= 4 is 32.8 Å². The van der Waals surface area contributed by atoms with Crippen molar-refractivity contribution in [2.75, 3.05) is 0 Å². The molecule has 0 bridgehead atoms. The minimum atomic E-state index is -0.737. The van der Waals surface area contributed by atoms with Gasteiger partial charge in [0, 0.05) is 22.1 Å². The first-order valence-corrected chi connectivity index (χ1v) is 7.81. The van der Waals surface area contributed by atoms with Crippen molar-refractivity contribution in [1.82, 2.24) is 4.57 Å². The quantitative estimate of drug-likeness (QED) is 0.911. The van der Waals surface area contributed by atoms with Gasteiger partial charge in [-0.05, 0) is 58.8 Å². The Bertz CT molecular complexity index is 702. The molecule has 1 aliphatic heterocycles. The molecule has 0 aliphatic carbocycles. The van der Waals surface area contributed by atoms with E-state index in [9.17, 15) is 4.79 Å². The van der Waals surface area contributed by atoms with Gasteiger partial charge >= 0.3 is 5.97 Å². The van der Waals surface area contributed by atoms with E-state index in [2.05, 4.69) is 39.6 Å². The van der Waals surface area contributed by atoms with Crippen molar-refractivity contribution in [1.29, 1.82) is 0 Å². The van der Waals surface area contributed by atoms with Gasteiger partial charge < -0.3 is 9.67 Å². The van der Waals surface area contributed by atoms with Crippen molar-refractivity contribution in [2.24, 2.45) is 0 Å². The summed E-state index contributed by atoms with van der Waals surface area (Å²) in [5, 5.41) is 10.2. The molecule has 3 nitrogen and oxygen atoms in total. The van der Waals surface area contributed by atoms with Gasteiger partial charge in [-0.1, -0.05) is 13.0 Å². The molecule has 106 valence electrons. The lowest BCUT2D eigenvalue weighted by Crippen LogP contribution is -2.10. The third kappa shape index (κ3) is 2.06. The molecule has 0 fully saturated rings. The number of carboxylic acid groups (broad SMARTS) is 1. The van der Waals surface area contributed by atoms with Crippen molar-refractivity contribution in [2.45, 2.75) is 45.6 Å². The fourth-order valence-corrected chi connectivity index (χ4v) is 3.76. The van der Waals surface area contributed by atoms with E-state index in [4.69, 9.17) is 5.11 Å². The molecule has 2 heterocycles. The van der Waals surface area contributed by atoms with E-state index < -0.39 is 5.97 Å². The summed E-state index contributed by atoms with van der Waals surface area (Å²) in [7, 11) is 0. The minimum Gasteiger partial charge on any atom is -0.481 e. The lowest BCUT2D eigenvalue weighted by Gasteiger charge is -2.19. The van der Waals surface area contributed by atoms with Crippen LogP contribution in [0.25, 0.3) is 10.9 Å². The first-order valence-electron chi connectivity index (χ1n) is 7.02. The maximum absolute atomic E-state index is 10.9. The summed E-state index contributed by atoms with van der Waals surface area (Å²) in [6.45, 7) is 5.20. The van der Waals surface area contributed by atoms with E-state index in [1.54, 1.807) is 0 Å². The highest BCUT2D eigenvalue weighted by atomic mass is 79.9. The highest BCUT2D eigenvalue weighted by molar-refractivity contribution is 9.10. The number of aryl methyl sites for hydroxylation is 2. The van der Waals surface area contributed by atoms with Crippen molar-refractivity contribution in [3.8, 4) is 0 Å². The molecule has 0 spiro atoms. The van der Waals surface area contributed by atoms with E-state index in [0.29, 0.717) is 0 Å². The number of rotatable bonds is 3. The van der Waals surface area contributed by atoms with Crippen LogP contribution in [0.15, 0.2) is 16.6 Å². The number of nitrogens with zero attached hydrogens (tertiary/aromatic N) is 1. The van der Waals surface area contributed by atoms with Crippen LogP contribution in [0.1, 0.15) is 42.5 Å². The van der Waals surface area contributed by atoms with Crippen LogP contribution < -0.4 is 0 Å². The second-order valence-electron chi connectivity index (χ2n) is 5.73. The monoisotopic (exact) mass is 335 g/mol. The molecule has 1 aromatic heterocycles. The van der Waals surface area contributed by atoms with Gasteiger partial charge in [-0.15, -0.1) is 0 Å². The molecule has 0 saturated heterocycles. The zero-order valence-electron chi connectivity index (χ0n) is 11.7. The van der Waals surface area contributed by atoms with Gasteiger partial charge in [-0.2, -0.15) is 0 Å².